The Morgan fingerprint density at radius 3 is 1.72 bits per heavy atom. The normalized spacial score (nSPS) is 12.5. The molecule has 39 heavy (non-hydrogen) atoms. The van der Waals surface area contributed by atoms with E-state index in [1.807, 2.05) is 18.0 Å². The van der Waals surface area contributed by atoms with Gasteiger partial charge in [0, 0.05) is 38.2 Å². The van der Waals surface area contributed by atoms with Crippen molar-refractivity contribution in [1.29, 1.82) is 0 Å². The fourth-order valence-corrected chi connectivity index (χ4v) is 3.13. The lowest BCUT2D eigenvalue weighted by Crippen LogP contribution is -2.43. The van der Waals surface area contributed by atoms with Crippen molar-refractivity contribution >= 4 is 17.8 Å². The van der Waals surface area contributed by atoms with Crippen LogP contribution in [-0.4, -0.2) is 49.5 Å². The number of rotatable bonds is 22. The lowest BCUT2D eigenvalue weighted by Gasteiger charge is -2.21. The molecule has 2 N–H and O–H groups in total. The number of hydrogen-bond acceptors (Lipinski definition) is 5. The van der Waals surface area contributed by atoms with Gasteiger partial charge in [0.2, 0.25) is 11.8 Å². The molecule has 0 aliphatic heterocycles. The van der Waals surface area contributed by atoms with Gasteiger partial charge < -0.3 is 10.1 Å². The number of hydrogen-bond donors (Lipinski definition) is 2. The van der Waals surface area contributed by atoms with Gasteiger partial charge in [-0.25, -0.2) is 9.80 Å². The van der Waals surface area contributed by atoms with E-state index in [1.165, 1.54) is 7.11 Å². The molecule has 216 valence electrons. The minimum absolute atomic E-state index is 0.0265. The Kier molecular flexibility index (Phi) is 25.1. The van der Waals surface area contributed by atoms with Gasteiger partial charge in [0.15, 0.2) is 0 Å². The molecule has 0 fully saturated rings. The number of ether oxygens (including phenoxy) is 1. The predicted molar refractivity (Wildman–Crippen MR) is 162 cm³/mol. The average molecular weight is 540 g/mol. The van der Waals surface area contributed by atoms with E-state index in [4.69, 9.17) is 0 Å². The summed E-state index contributed by atoms with van der Waals surface area (Å²) in [5.41, 5.74) is 2.90. The van der Waals surface area contributed by atoms with Crippen LogP contribution in [0.5, 0.6) is 0 Å². The van der Waals surface area contributed by atoms with E-state index in [0.717, 1.165) is 50.7 Å². The third-order valence-electron chi connectivity index (χ3n) is 5.28. The van der Waals surface area contributed by atoms with Crippen molar-refractivity contribution < 1.29 is 19.1 Å². The second-order valence-electron chi connectivity index (χ2n) is 8.57. The van der Waals surface area contributed by atoms with Crippen LogP contribution < -0.4 is 10.7 Å². The molecule has 0 aromatic heterocycles. The molecule has 0 aliphatic rings. The maximum atomic E-state index is 12.2. The van der Waals surface area contributed by atoms with Crippen LogP contribution in [0.2, 0.25) is 0 Å². The molecule has 0 saturated heterocycles. The Bertz CT molecular complexity index is 867. The molecule has 0 heterocycles. The van der Waals surface area contributed by atoms with Gasteiger partial charge in [0.1, 0.15) is 0 Å². The largest absolute Gasteiger partial charge is 0.466 e. The number of amides is 2. The zero-order chi connectivity index (χ0) is 28.8. The highest BCUT2D eigenvalue weighted by molar-refractivity contribution is 5.94. The summed E-state index contributed by atoms with van der Waals surface area (Å²) in [4.78, 5) is 34.7. The van der Waals surface area contributed by atoms with E-state index >= 15 is 0 Å². The van der Waals surface area contributed by atoms with Crippen molar-refractivity contribution in [3.05, 3.63) is 85.1 Å². The molecule has 0 rings (SSSR count). The van der Waals surface area contributed by atoms with Crippen molar-refractivity contribution in [3.8, 4) is 0 Å². The van der Waals surface area contributed by atoms with Crippen molar-refractivity contribution in [1.82, 2.24) is 15.8 Å². The molecule has 0 atom stereocenters. The summed E-state index contributed by atoms with van der Waals surface area (Å²) in [7, 11) is 1.25. The maximum Gasteiger partial charge on any atom is 0.330 e. The Labute approximate surface area is 236 Å². The fourth-order valence-electron chi connectivity index (χ4n) is 3.13. The molecule has 7 heteroatoms. The molecule has 0 aromatic rings. The first-order valence-corrected chi connectivity index (χ1v) is 14.0. The minimum Gasteiger partial charge on any atom is -0.466 e. The van der Waals surface area contributed by atoms with Crippen LogP contribution in [0, 0.1) is 0 Å². The summed E-state index contributed by atoms with van der Waals surface area (Å²) in [6, 6.07) is 0. The summed E-state index contributed by atoms with van der Waals surface area (Å²) in [6.07, 6.45) is 35.8. The van der Waals surface area contributed by atoms with E-state index in [-0.39, 0.29) is 11.8 Å². The first kappa shape index (κ1) is 35.5. The van der Waals surface area contributed by atoms with Crippen molar-refractivity contribution in [3.63, 3.8) is 0 Å². The van der Waals surface area contributed by atoms with Crippen molar-refractivity contribution in [2.75, 3.05) is 26.7 Å². The van der Waals surface area contributed by atoms with Crippen LogP contribution in [0.1, 0.15) is 71.6 Å². The molecular weight excluding hydrogens is 490 g/mol. The van der Waals surface area contributed by atoms with Crippen molar-refractivity contribution in [2.45, 2.75) is 71.6 Å². The van der Waals surface area contributed by atoms with Gasteiger partial charge in [0.25, 0.3) is 0 Å². The Balaban J connectivity index is 3.85. The highest BCUT2D eigenvalue weighted by Crippen LogP contribution is 1.98. The summed E-state index contributed by atoms with van der Waals surface area (Å²) in [6.45, 7) is 5.83. The van der Waals surface area contributed by atoms with E-state index in [9.17, 15) is 14.4 Å². The second-order valence-corrected chi connectivity index (χ2v) is 8.57. The second kappa shape index (κ2) is 27.6. The van der Waals surface area contributed by atoms with E-state index in [2.05, 4.69) is 89.2 Å². The van der Waals surface area contributed by atoms with Crippen molar-refractivity contribution in [2.24, 2.45) is 0 Å². The van der Waals surface area contributed by atoms with Gasteiger partial charge in [-0.05, 0) is 51.4 Å². The molecule has 0 radical (unpaired) electrons. The Morgan fingerprint density at radius 1 is 0.718 bits per heavy atom. The summed E-state index contributed by atoms with van der Waals surface area (Å²) < 4.78 is 4.43. The quantitative estimate of drug-likeness (QED) is 0.0575. The summed E-state index contributed by atoms with van der Waals surface area (Å²) in [5.74, 6) is -0.959. The monoisotopic (exact) mass is 539 g/mol. The molecular formula is C32H49N3O4. The number of carbonyl (C=O) groups excluding carboxylic acids is 3. The topological polar surface area (TPSA) is 87.7 Å². The van der Waals surface area contributed by atoms with E-state index in [0.29, 0.717) is 38.9 Å². The number of nitrogens with zero attached hydrogens (tertiary/aromatic N) is 1. The summed E-state index contributed by atoms with van der Waals surface area (Å²) in [5, 5.41) is 4.52. The minimum atomic E-state index is -0.575. The number of hydrazine groups is 1. The zero-order valence-electron chi connectivity index (χ0n) is 24.1. The average Bonchev–Trinajstić information content (AvgIpc) is 2.94. The van der Waals surface area contributed by atoms with Gasteiger partial charge in [-0.15, -0.1) is 0 Å². The summed E-state index contributed by atoms with van der Waals surface area (Å²) >= 11 is 0. The Hall–Kier alpha value is -3.45. The molecule has 0 saturated carbocycles. The Morgan fingerprint density at radius 2 is 1.23 bits per heavy atom. The predicted octanol–water partition coefficient (Wildman–Crippen LogP) is 6.05. The molecule has 0 aliphatic carbocycles. The molecule has 2 amide bonds. The van der Waals surface area contributed by atoms with Gasteiger partial charge in [0.05, 0.1) is 7.11 Å². The third kappa shape index (κ3) is 26.0. The number of allylic oxidation sites excluding steroid dienone is 12. The first-order valence-electron chi connectivity index (χ1n) is 14.0. The van der Waals surface area contributed by atoms with Crippen LogP contribution in [0.25, 0.3) is 0 Å². The highest BCUT2D eigenvalue weighted by atomic mass is 16.5. The van der Waals surface area contributed by atoms with Crippen LogP contribution >= 0.6 is 0 Å². The number of carbonyl (C=O) groups is 3. The van der Waals surface area contributed by atoms with E-state index < -0.39 is 5.97 Å². The number of methoxy groups -OCH3 is 1. The highest BCUT2D eigenvalue weighted by Gasteiger charge is 2.06. The van der Waals surface area contributed by atoms with Gasteiger partial charge >= 0.3 is 5.97 Å². The van der Waals surface area contributed by atoms with Gasteiger partial charge in [-0.2, -0.15) is 0 Å². The third-order valence-corrected chi connectivity index (χ3v) is 5.28. The molecule has 0 aromatic carbocycles. The lowest BCUT2D eigenvalue weighted by atomic mass is 10.2. The molecule has 0 unspecified atom stereocenters. The number of nitrogens with one attached hydrogen (secondary N) is 2. The number of esters is 1. The standard InChI is InChI=1S/C32H49N3O4/c1-4-6-7-8-9-10-11-12-13-14-15-16-17-18-19-20-21-22-23-25-31(37)34-35(5-2)29-24-28-33-30(36)26-27-32(38)39-3/h6-7,9-10,12-13,15-16,18-19,21-22,26-27H,4-5,8,11,14,17,20,23-25,28-29H2,1-3H3,(H,33,36)(H,34,37)/b7-6-,10-9-,13-12-,16-15-,19-18-,22-21-,27-26+. The van der Waals surface area contributed by atoms with Gasteiger partial charge in [-0.1, -0.05) is 86.8 Å². The SMILES string of the molecule is CC/C=C\C/C=C\C/C=C\C/C=C\C/C=C\C/C=C\CCC(=O)NN(CC)CCCNC(=O)/C=C/C(=O)OC. The van der Waals surface area contributed by atoms with Crippen LogP contribution in [0.4, 0.5) is 0 Å². The van der Waals surface area contributed by atoms with Crippen LogP contribution in [-0.2, 0) is 19.1 Å². The first-order chi connectivity index (χ1) is 19.0. The molecule has 0 bridgehead atoms. The fraction of sp³-hybridized carbons (Fsp3) is 0.469. The maximum absolute atomic E-state index is 12.2. The molecule has 7 nitrogen and oxygen atoms in total. The zero-order valence-corrected chi connectivity index (χ0v) is 24.1. The molecule has 0 spiro atoms. The smallest absolute Gasteiger partial charge is 0.330 e. The van der Waals surface area contributed by atoms with Crippen LogP contribution in [0.15, 0.2) is 85.1 Å². The van der Waals surface area contributed by atoms with E-state index in [1.54, 1.807) is 0 Å². The van der Waals surface area contributed by atoms with Crippen LogP contribution in [0.3, 0.4) is 0 Å². The van der Waals surface area contributed by atoms with Gasteiger partial charge in [-0.3, -0.25) is 15.0 Å². The lowest BCUT2D eigenvalue weighted by molar-refractivity contribution is -0.135.